The summed E-state index contributed by atoms with van der Waals surface area (Å²) in [7, 11) is 0. The van der Waals surface area contributed by atoms with Crippen molar-refractivity contribution in [1.29, 1.82) is 0 Å². The van der Waals surface area contributed by atoms with Gasteiger partial charge in [-0.1, -0.05) is 39.8 Å². The van der Waals surface area contributed by atoms with Gasteiger partial charge in [-0.3, -0.25) is 0 Å². The third kappa shape index (κ3) is 4.03. The molecule has 0 N–H and O–H groups in total. The quantitative estimate of drug-likeness (QED) is 0.675. The molecule has 1 heterocycles. The van der Waals surface area contributed by atoms with Crippen molar-refractivity contribution in [2.45, 2.75) is 46.5 Å². The Labute approximate surface area is 134 Å². The third-order valence-electron chi connectivity index (χ3n) is 3.30. The fourth-order valence-corrected chi connectivity index (χ4v) is 2.30. The molecule has 1 aromatic heterocycles. The van der Waals surface area contributed by atoms with E-state index in [1.807, 2.05) is 6.92 Å². The SMILES string of the molecule is Cc1ccc(C(C)C)cc1Oc1cc(Br)nc(C(C)C)n1. The monoisotopic (exact) mass is 348 g/mol. The Morgan fingerprint density at radius 1 is 1.00 bits per heavy atom. The highest BCUT2D eigenvalue weighted by atomic mass is 79.9. The Bertz CT molecular complexity index is 639. The topological polar surface area (TPSA) is 35.0 Å². The minimum atomic E-state index is 0.257. The molecule has 0 aliphatic heterocycles. The molecule has 0 spiro atoms. The van der Waals surface area contributed by atoms with E-state index in [2.05, 4.69) is 71.8 Å². The van der Waals surface area contributed by atoms with Crippen molar-refractivity contribution in [3.05, 3.63) is 45.8 Å². The summed E-state index contributed by atoms with van der Waals surface area (Å²) in [6.07, 6.45) is 0. The van der Waals surface area contributed by atoms with Gasteiger partial charge in [0.15, 0.2) is 0 Å². The molecule has 0 atom stereocenters. The van der Waals surface area contributed by atoms with Crippen molar-refractivity contribution < 1.29 is 4.74 Å². The molecule has 21 heavy (non-hydrogen) atoms. The van der Waals surface area contributed by atoms with E-state index in [4.69, 9.17) is 4.74 Å². The van der Waals surface area contributed by atoms with Gasteiger partial charge in [0.05, 0.1) is 0 Å². The number of aromatic nitrogens is 2. The van der Waals surface area contributed by atoms with E-state index in [-0.39, 0.29) is 5.92 Å². The van der Waals surface area contributed by atoms with E-state index in [0.717, 1.165) is 21.7 Å². The molecule has 0 aliphatic rings. The summed E-state index contributed by atoms with van der Waals surface area (Å²) < 4.78 is 6.73. The molecule has 2 aromatic rings. The van der Waals surface area contributed by atoms with Gasteiger partial charge in [-0.15, -0.1) is 0 Å². The molecule has 3 nitrogen and oxygen atoms in total. The zero-order chi connectivity index (χ0) is 15.6. The van der Waals surface area contributed by atoms with Crippen molar-refractivity contribution in [2.75, 3.05) is 0 Å². The zero-order valence-corrected chi connectivity index (χ0v) is 14.7. The van der Waals surface area contributed by atoms with Crippen LogP contribution in [0.1, 0.15) is 56.5 Å². The largest absolute Gasteiger partial charge is 0.439 e. The van der Waals surface area contributed by atoms with Crippen LogP contribution in [0.4, 0.5) is 0 Å². The van der Waals surface area contributed by atoms with Gasteiger partial charge >= 0.3 is 0 Å². The zero-order valence-electron chi connectivity index (χ0n) is 13.1. The second kappa shape index (κ2) is 6.56. The van der Waals surface area contributed by atoms with Gasteiger partial charge in [-0.05, 0) is 46.0 Å². The first-order chi connectivity index (χ1) is 9.86. The van der Waals surface area contributed by atoms with Crippen molar-refractivity contribution in [1.82, 2.24) is 9.97 Å². The lowest BCUT2D eigenvalue weighted by Crippen LogP contribution is -2.01. The van der Waals surface area contributed by atoms with Gasteiger partial charge in [0.1, 0.15) is 16.2 Å². The second-order valence-electron chi connectivity index (χ2n) is 5.82. The lowest BCUT2D eigenvalue weighted by atomic mass is 10.0. The highest BCUT2D eigenvalue weighted by Crippen LogP contribution is 2.29. The van der Waals surface area contributed by atoms with Gasteiger partial charge in [0, 0.05) is 12.0 Å². The molecule has 0 saturated carbocycles. The molecule has 0 saturated heterocycles. The molecule has 0 aliphatic carbocycles. The Morgan fingerprint density at radius 2 is 1.71 bits per heavy atom. The molecule has 112 valence electrons. The summed E-state index contributed by atoms with van der Waals surface area (Å²) in [5.41, 5.74) is 2.35. The van der Waals surface area contributed by atoms with E-state index < -0.39 is 0 Å². The standard InChI is InChI=1S/C17H21BrN2O/c1-10(2)13-7-6-12(5)14(8-13)21-16-9-15(18)19-17(20-16)11(3)4/h6-11H,1-5H3. The van der Waals surface area contributed by atoms with Crippen LogP contribution in [0.25, 0.3) is 0 Å². The van der Waals surface area contributed by atoms with Gasteiger partial charge < -0.3 is 4.74 Å². The van der Waals surface area contributed by atoms with E-state index in [0.29, 0.717) is 11.8 Å². The maximum Gasteiger partial charge on any atom is 0.223 e. The highest BCUT2D eigenvalue weighted by Gasteiger charge is 2.11. The lowest BCUT2D eigenvalue weighted by molar-refractivity contribution is 0.452. The summed E-state index contributed by atoms with van der Waals surface area (Å²) in [6, 6.07) is 8.12. The number of halogens is 1. The molecule has 0 unspecified atom stereocenters. The average molecular weight is 349 g/mol. The first-order valence-corrected chi connectivity index (χ1v) is 7.99. The molecule has 0 fully saturated rings. The van der Waals surface area contributed by atoms with Crippen LogP contribution < -0.4 is 4.74 Å². The Balaban J connectivity index is 2.35. The van der Waals surface area contributed by atoms with Crippen LogP contribution in [0.5, 0.6) is 11.6 Å². The van der Waals surface area contributed by atoms with Crippen LogP contribution in [0.15, 0.2) is 28.9 Å². The van der Waals surface area contributed by atoms with E-state index in [1.165, 1.54) is 5.56 Å². The van der Waals surface area contributed by atoms with Gasteiger partial charge in [-0.2, -0.15) is 4.98 Å². The fraction of sp³-hybridized carbons (Fsp3) is 0.412. The van der Waals surface area contributed by atoms with Crippen LogP contribution in [0, 0.1) is 6.92 Å². The normalized spacial score (nSPS) is 11.2. The second-order valence-corrected chi connectivity index (χ2v) is 6.64. The number of nitrogens with zero attached hydrogens (tertiary/aromatic N) is 2. The number of ether oxygens (including phenoxy) is 1. The Kier molecular flexibility index (Phi) is 4.99. The summed E-state index contributed by atoms with van der Waals surface area (Å²) in [5.74, 6) is 2.92. The summed E-state index contributed by atoms with van der Waals surface area (Å²) in [5, 5.41) is 0. The summed E-state index contributed by atoms with van der Waals surface area (Å²) >= 11 is 3.42. The number of hydrogen-bond donors (Lipinski definition) is 0. The maximum absolute atomic E-state index is 5.99. The third-order valence-corrected chi connectivity index (χ3v) is 3.70. The number of aryl methyl sites for hydroxylation is 1. The van der Waals surface area contributed by atoms with Gasteiger partial charge in [-0.25, -0.2) is 4.98 Å². The van der Waals surface area contributed by atoms with Crippen LogP contribution in [0.3, 0.4) is 0 Å². The minimum absolute atomic E-state index is 0.257. The Hall–Kier alpha value is -1.42. The van der Waals surface area contributed by atoms with E-state index in [9.17, 15) is 0 Å². The van der Waals surface area contributed by atoms with Crippen LogP contribution in [-0.4, -0.2) is 9.97 Å². The van der Waals surface area contributed by atoms with Gasteiger partial charge in [0.25, 0.3) is 0 Å². The van der Waals surface area contributed by atoms with Crippen LogP contribution >= 0.6 is 15.9 Å². The molecule has 2 rings (SSSR count). The molecule has 0 radical (unpaired) electrons. The predicted molar refractivity (Wildman–Crippen MR) is 89.2 cm³/mol. The molecular weight excluding hydrogens is 328 g/mol. The molecule has 1 aromatic carbocycles. The van der Waals surface area contributed by atoms with Crippen LogP contribution in [0.2, 0.25) is 0 Å². The Morgan fingerprint density at radius 3 is 2.33 bits per heavy atom. The van der Waals surface area contributed by atoms with Gasteiger partial charge in [0.2, 0.25) is 5.88 Å². The van der Waals surface area contributed by atoms with Crippen LogP contribution in [-0.2, 0) is 0 Å². The molecule has 0 bridgehead atoms. The predicted octanol–water partition coefficient (Wildman–Crippen LogP) is 5.59. The van der Waals surface area contributed by atoms with Crippen molar-refractivity contribution in [3.63, 3.8) is 0 Å². The first kappa shape index (κ1) is 16.0. The highest BCUT2D eigenvalue weighted by molar-refractivity contribution is 9.10. The molecule has 4 heteroatoms. The van der Waals surface area contributed by atoms with E-state index >= 15 is 0 Å². The van der Waals surface area contributed by atoms with Crippen molar-refractivity contribution in [3.8, 4) is 11.6 Å². The average Bonchev–Trinajstić information content (AvgIpc) is 2.40. The first-order valence-electron chi connectivity index (χ1n) is 7.19. The smallest absolute Gasteiger partial charge is 0.223 e. The molecule has 0 amide bonds. The maximum atomic E-state index is 5.99. The number of benzene rings is 1. The summed E-state index contributed by atoms with van der Waals surface area (Å²) in [6.45, 7) is 10.5. The van der Waals surface area contributed by atoms with E-state index in [1.54, 1.807) is 6.07 Å². The van der Waals surface area contributed by atoms with Crippen molar-refractivity contribution in [2.24, 2.45) is 0 Å². The minimum Gasteiger partial charge on any atom is -0.439 e. The number of rotatable bonds is 4. The van der Waals surface area contributed by atoms with Crippen molar-refractivity contribution >= 4 is 15.9 Å². The number of hydrogen-bond acceptors (Lipinski definition) is 3. The molecular formula is C17H21BrN2O. The fourth-order valence-electron chi connectivity index (χ4n) is 1.92. The summed E-state index contributed by atoms with van der Waals surface area (Å²) in [4.78, 5) is 8.85. The lowest BCUT2D eigenvalue weighted by Gasteiger charge is -2.13.